The lowest BCUT2D eigenvalue weighted by Gasteiger charge is -2.21. The molecular weight excluding hydrogens is 424 g/mol. The second-order valence-electron chi connectivity index (χ2n) is 9.64. The molecule has 172 valence electrons. The van der Waals surface area contributed by atoms with Gasteiger partial charge in [-0.3, -0.25) is 4.79 Å². The molecule has 4 heteroatoms. The molecule has 1 atom stereocenters. The predicted octanol–water partition coefficient (Wildman–Crippen LogP) is 7.27. The molecule has 0 radical (unpaired) electrons. The maximum atomic E-state index is 13.0. The minimum Gasteiger partial charge on any atom is -0.356 e. The lowest BCUT2D eigenvalue weighted by atomic mass is 9.86. The summed E-state index contributed by atoms with van der Waals surface area (Å²) < 4.78 is 0. The number of carbonyl (C=O) groups is 1. The first-order chi connectivity index (χ1) is 15.6. The monoisotopic (exact) mass is 458 g/mol. The standard InChI is InChI=1S/C29H34N2OS/c1-7-26(22-12-11-19(2)20(3)17-22)31-28(33)30-25-10-8-9-23(18-25)27(32)21-13-15-24(16-14-21)29(4,5)6/h8-18,26H,7H2,1-6H3,(H2,30,31,33)/t26-/m0/s1. The summed E-state index contributed by atoms with van der Waals surface area (Å²) in [6, 6.07) is 22.0. The quantitative estimate of drug-likeness (QED) is 0.301. The van der Waals surface area contributed by atoms with Crippen molar-refractivity contribution in [2.75, 3.05) is 5.32 Å². The third kappa shape index (κ3) is 6.29. The highest BCUT2D eigenvalue weighted by Gasteiger charge is 2.16. The molecule has 0 aromatic heterocycles. The van der Waals surface area contributed by atoms with Gasteiger partial charge in [-0.25, -0.2) is 0 Å². The molecule has 0 aliphatic carbocycles. The van der Waals surface area contributed by atoms with Gasteiger partial charge in [-0.1, -0.05) is 82.3 Å². The van der Waals surface area contributed by atoms with Crippen LogP contribution in [0.25, 0.3) is 0 Å². The van der Waals surface area contributed by atoms with Crippen LogP contribution in [0.4, 0.5) is 5.69 Å². The van der Waals surface area contributed by atoms with Gasteiger partial charge in [0.15, 0.2) is 10.9 Å². The molecule has 0 saturated carbocycles. The van der Waals surface area contributed by atoms with E-state index in [4.69, 9.17) is 12.2 Å². The minimum atomic E-state index is -0.000415. The summed E-state index contributed by atoms with van der Waals surface area (Å²) >= 11 is 5.58. The zero-order chi connectivity index (χ0) is 24.2. The Balaban J connectivity index is 1.70. The van der Waals surface area contributed by atoms with Crippen molar-refractivity contribution in [1.82, 2.24) is 5.32 Å². The van der Waals surface area contributed by atoms with Gasteiger partial charge in [0, 0.05) is 16.8 Å². The van der Waals surface area contributed by atoms with Crippen molar-refractivity contribution >= 4 is 28.8 Å². The van der Waals surface area contributed by atoms with Crippen LogP contribution >= 0.6 is 12.2 Å². The number of thiocarbonyl (C=S) groups is 1. The first-order valence-corrected chi connectivity index (χ1v) is 11.9. The van der Waals surface area contributed by atoms with E-state index in [2.05, 4.69) is 70.4 Å². The second kappa shape index (κ2) is 10.3. The fourth-order valence-corrected chi connectivity index (χ4v) is 4.01. The number of nitrogens with one attached hydrogen (secondary N) is 2. The molecular formula is C29H34N2OS. The van der Waals surface area contributed by atoms with E-state index in [9.17, 15) is 4.79 Å². The van der Waals surface area contributed by atoms with Crippen molar-refractivity contribution < 1.29 is 4.79 Å². The van der Waals surface area contributed by atoms with Crippen LogP contribution in [0.15, 0.2) is 66.7 Å². The third-order valence-corrected chi connectivity index (χ3v) is 6.26. The summed E-state index contributed by atoms with van der Waals surface area (Å²) in [6.45, 7) is 12.9. The Bertz CT molecular complexity index is 1140. The smallest absolute Gasteiger partial charge is 0.193 e. The summed E-state index contributed by atoms with van der Waals surface area (Å²) in [7, 11) is 0. The van der Waals surface area contributed by atoms with E-state index >= 15 is 0 Å². The Morgan fingerprint density at radius 3 is 2.21 bits per heavy atom. The van der Waals surface area contributed by atoms with E-state index in [1.165, 1.54) is 22.3 Å². The van der Waals surface area contributed by atoms with E-state index in [0.29, 0.717) is 16.2 Å². The van der Waals surface area contributed by atoms with Crippen molar-refractivity contribution in [3.05, 3.63) is 100 Å². The highest BCUT2D eigenvalue weighted by Crippen LogP contribution is 2.24. The van der Waals surface area contributed by atoms with Crippen molar-refractivity contribution in [3.63, 3.8) is 0 Å². The van der Waals surface area contributed by atoms with Crippen LogP contribution in [0.5, 0.6) is 0 Å². The van der Waals surface area contributed by atoms with Gasteiger partial charge in [0.1, 0.15) is 0 Å². The molecule has 0 amide bonds. The summed E-state index contributed by atoms with van der Waals surface area (Å²) in [4.78, 5) is 13.0. The van der Waals surface area contributed by atoms with Gasteiger partial charge in [0.25, 0.3) is 0 Å². The van der Waals surface area contributed by atoms with Crippen molar-refractivity contribution in [1.29, 1.82) is 0 Å². The van der Waals surface area contributed by atoms with Gasteiger partial charge in [-0.2, -0.15) is 0 Å². The number of hydrogen-bond donors (Lipinski definition) is 2. The molecule has 3 rings (SSSR count). The molecule has 33 heavy (non-hydrogen) atoms. The lowest BCUT2D eigenvalue weighted by molar-refractivity contribution is 0.103. The Morgan fingerprint density at radius 1 is 0.909 bits per heavy atom. The van der Waals surface area contributed by atoms with Crippen LogP contribution < -0.4 is 10.6 Å². The molecule has 0 spiro atoms. The van der Waals surface area contributed by atoms with E-state index < -0.39 is 0 Å². The zero-order valence-electron chi connectivity index (χ0n) is 20.5. The normalized spacial score (nSPS) is 12.2. The second-order valence-corrected chi connectivity index (χ2v) is 10.0. The topological polar surface area (TPSA) is 41.1 Å². The molecule has 0 saturated heterocycles. The molecule has 3 aromatic carbocycles. The third-order valence-electron chi connectivity index (χ3n) is 6.04. The molecule has 0 fully saturated rings. The van der Waals surface area contributed by atoms with E-state index in [1.54, 1.807) is 0 Å². The number of hydrogen-bond acceptors (Lipinski definition) is 2. The van der Waals surface area contributed by atoms with E-state index in [1.807, 2.05) is 48.5 Å². The number of carbonyl (C=O) groups excluding carboxylic acids is 1. The Labute approximate surface area is 203 Å². The van der Waals surface area contributed by atoms with Gasteiger partial charge < -0.3 is 10.6 Å². The minimum absolute atomic E-state index is 0.000415. The molecule has 0 bridgehead atoms. The number of aryl methyl sites for hydroxylation is 2. The molecule has 2 N–H and O–H groups in total. The molecule has 3 nitrogen and oxygen atoms in total. The van der Waals surface area contributed by atoms with Gasteiger partial charge in [0.2, 0.25) is 0 Å². The average molecular weight is 459 g/mol. The SMILES string of the molecule is CC[C@H](NC(=S)Nc1cccc(C(=O)c2ccc(C(C)(C)C)cc2)c1)c1ccc(C)c(C)c1. The molecule has 0 aliphatic rings. The number of ketones is 1. The maximum absolute atomic E-state index is 13.0. The van der Waals surface area contributed by atoms with Crippen LogP contribution in [-0.4, -0.2) is 10.9 Å². The first kappa shape index (κ1) is 24.7. The summed E-state index contributed by atoms with van der Waals surface area (Å²) in [6.07, 6.45) is 0.910. The Morgan fingerprint density at radius 2 is 1.61 bits per heavy atom. The van der Waals surface area contributed by atoms with E-state index in [-0.39, 0.29) is 17.2 Å². The van der Waals surface area contributed by atoms with Crippen LogP contribution in [0, 0.1) is 13.8 Å². The van der Waals surface area contributed by atoms with Crippen molar-refractivity contribution in [2.45, 2.75) is 59.4 Å². The fraction of sp³-hybridized carbons (Fsp3) is 0.310. The van der Waals surface area contributed by atoms with Gasteiger partial charge in [-0.05, 0) is 72.3 Å². The average Bonchev–Trinajstić information content (AvgIpc) is 2.78. The van der Waals surface area contributed by atoms with Crippen LogP contribution in [-0.2, 0) is 5.41 Å². The molecule has 0 aliphatic heterocycles. The molecule has 3 aromatic rings. The number of rotatable bonds is 6. The van der Waals surface area contributed by atoms with Gasteiger partial charge in [-0.15, -0.1) is 0 Å². The van der Waals surface area contributed by atoms with E-state index in [0.717, 1.165) is 12.1 Å². The lowest BCUT2D eigenvalue weighted by Crippen LogP contribution is -2.32. The fourth-order valence-electron chi connectivity index (χ4n) is 3.75. The van der Waals surface area contributed by atoms with Crippen LogP contribution in [0.3, 0.4) is 0 Å². The van der Waals surface area contributed by atoms with Gasteiger partial charge in [0.05, 0.1) is 6.04 Å². The summed E-state index contributed by atoms with van der Waals surface area (Å²) in [5.41, 5.74) is 7.14. The highest BCUT2D eigenvalue weighted by molar-refractivity contribution is 7.80. The zero-order valence-corrected chi connectivity index (χ0v) is 21.3. The van der Waals surface area contributed by atoms with Crippen molar-refractivity contribution in [3.8, 4) is 0 Å². The van der Waals surface area contributed by atoms with Crippen LogP contribution in [0.2, 0.25) is 0 Å². The summed E-state index contributed by atoms with van der Waals surface area (Å²) in [5.74, 6) is -0.000415. The predicted molar refractivity (Wildman–Crippen MR) is 143 cm³/mol. The maximum Gasteiger partial charge on any atom is 0.193 e. The first-order valence-electron chi connectivity index (χ1n) is 11.5. The largest absolute Gasteiger partial charge is 0.356 e. The molecule has 0 heterocycles. The number of anilines is 1. The van der Waals surface area contributed by atoms with Crippen LogP contribution in [0.1, 0.15) is 78.3 Å². The summed E-state index contributed by atoms with van der Waals surface area (Å²) in [5, 5.41) is 7.20. The highest BCUT2D eigenvalue weighted by atomic mass is 32.1. The van der Waals surface area contributed by atoms with Crippen molar-refractivity contribution in [2.24, 2.45) is 0 Å². The molecule has 0 unspecified atom stereocenters. The van der Waals surface area contributed by atoms with Gasteiger partial charge >= 0.3 is 0 Å². The number of benzene rings is 3. The Hall–Kier alpha value is -2.98. The Kier molecular flexibility index (Phi) is 7.70.